The number of carbonyl (C=O) groups excluding carboxylic acids is 1. The molecule has 0 aromatic carbocycles. The Labute approximate surface area is 96.6 Å². The zero-order valence-corrected chi connectivity index (χ0v) is 10.4. The van der Waals surface area contributed by atoms with E-state index in [0.717, 1.165) is 0 Å². The van der Waals surface area contributed by atoms with Crippen LogP contribution in [0.5, 0.6) is 0 Å². The van der Waals surface area contributed by atoms with E-state index in [-0.39, 0.29) is 23.9 Å². The Hall–Kier alpha value is -0.610. The summed E-state index contributed by atoms with van der Waals surface area (Å²) in [6, 6.07) is 0. The predicted molar refractivity (Wildman–Crippen MR) is 59.7 cm³/mol. The van der Waals surface area contributed by atoms with Crippen molar-refractivity contribution < 1.29 is 19.7 Å². The normalized spacial score (nSPS) is 39.0. The molecule has 0 aliphatic carbocycles. The van der Waals surface area contributed by atoms with Crippen LogP contribution in [-0.4, -0.2) is 34.5 Å². The zero-order valence-electron chi connectivity index (χ0n) is 10.4. The van der Waals surface area contributed by atoms with Gasteiger partial charge in [-0.1, -0.05) is 13.8 Å². The average Bonchev–Trinajstić information content (AvgIpc) is 2.19. The fourth-order valence-electron chi connectivity index (χ4n) is 2.44. The monoisotopic (exact) mass is 230 g/mol. The molecule has 16 heavy (non-hydrogen) atoms. The summed E-state index contributed by atoms with van der Waals surface area (Å²) in [5.74, 6) is -0.819. The summed E-state index contributed by atoms with van der Waals surface area (Å²) in [4.78, 5) is 11.5. The van der Waals surface area contributed by atoms with Gasteiger partial charge in [0, 0.05) is 5.92 Å². The van der Waals surface area contributed by atoms with Gasteiger partial charge < -0.3 is 14.9 Å². The molecule has 0 bridgehead atoms. The number of esters is 1. The maximum absolute atomic E-state index is 11.5. The highest BCUT2D eigenvalue weighted by Gasteiger charge is 2.42. The van der Waals surface area contributed by atoms with Crippen molar-refractivity contribution in [1.82, 2.24) is 0 Å². The van der Waals surface area contributed by atoms with E-state index in [2.05, 4.69) is 0 Å². The van der Waals surface area contributed by atoms with Gasteiger partial charge in [-0.2, -0.15) is 0 Å². The number of rotatable bonds is 3. The zero-order chi connectivity index (χ0) is 12.5. The van der Waals surface area contributed by atoms with Crippen LogP contribution in [0.3, 0.4) is 0 Å². The molecule has 1 aliphatic heterocycles. The lowest BCUT2D eigenvalue weighted by Gasteiger charge is -2.39. The molecule has 1 fully saturated rings. The number of ether oxygens (including phenoxy) is 1. The van der Waals surface area contributed by atoms with Crippen LogP contribution >= 0.6 is 0 Å². The molecule has 0 unspecified atom stereocenters. The van der Waals surface area contributed by atoms with Crippen LogP contribution in [-0.2, 0) is 9.53 Å². The molecular formula is C12H22O4. The molecule has 6 atom stereocenters. The quantitative estimate of drug-likeness (QED) is 0.708. The van der Waals surface area contributed by atoms with Gasteiger partial charge in [0.2, 0.25) is 0 Å². The molecule has 0 aromatic rings. The topological polar surface area (TPSA) is 66.8 Å². The van der Waals surface area contributed by atoms with Crippen LogP contribution in [0.1, 0.15) is 34.1 Å². The van der Waals surface area contributed by atoms with Crippen molar-refractivity contribution in [3.05, 3.63) is 0 Å². The summed E-state index contributed by atoms with van der Waals surface area (Å²) in [5, 5.41) is 19.2. The highest BCUT2D eigenvalue weighted by atomic mass is 16.5. The molecule has 4 heteroatoms. The third kappa shape index (κ3) is 2.74. The number of carbonyl (C=O) groups is 1. The van der Waals surface area contributed by atoms with Crippen molar-refractivity contribution in [3.63, 3.8) is 0 Å². The van der Waals surface area contributed by atoms with E-state index >= 15 is 0 Å². The van der Waals surface area contributed by atoms with E-state index in [9.17, 15) is 15.0 Å². The third-order valence-corrected chi connectivity index (χ3v) is 3.47. The van der Waals surface area contributed by atoms with Gasteiger partial charge in [-0.3, -0.25) is 4.79 Å². The number of cyclic esters (lactones) is 1. The Morgan fingerprint density at radius 2 is 1.94 bits per heavy atom. The van der Waals surface area contributed by atoms with Crippen LogP contribution in [0.15, 0.2) is 0 Å². The van der Waals surface area contributed by atoms with Crippen molar-refractivity contribution in [2.45, 2.75) is 52.4 Å². The van der Waals surface area contributed by atoms with E-state index < -0.39 is 18.1 Å². The Morgan fingerprint density at radius 3 is 2.44 bits per heavy atom. The van der Waals surface area contributed by atoms with Gasteiger partial charge in [-0.15, -0.1) is 0 Å². The molecule has 0 spiro atoms. The second kappa shape index (κ2) is 5.15. The molecule has 1 heterocycles. The molecule has 0 saturated carbocycles. The Morgan fingerprint density at radius 1 is 1.38 bits per heavy atom. The SMILES string of the molecule is C[C@H]1[C@H](O)[C@@H](C)C(=O)O[C@H]1[C@@H](C)C[C@@H](C)O. The smallest absolute Gasteiger partial charge is 0.311 e. The lowest BCUT2D eigenvalue weighted by atomic mass is 9.80. The Bertz CT molecular complexity index is 251. The Balaban J connectivity index is 2.70. The second-order valence-corrected chi connectivity index (χ2v) is 5.10. The fourth-order valence-corrected chi connectivity index (χ4v) is 2.44. The molecule has 0 radical (unpaired) electrons. The minimum Gasteiger partial charge on any atom is -0.461 e. The first-order chi connectivity index (χ1) is 7.34. The Kier molecular flexibility index (Phi) is 4.33. The van der Waals surface area contributed by atoms with E-state index in [4.69, 9.17) is 4.74 Å². The van der Waals surface area contributed by atoms with Crippen molar-refractivity contribution in [2.24, 2.45) is 17.8 Å². The molecule has 0 amide bonds. The van der Waals surface area contributed by atoms with Gasteiger partial charge in [0.15, 0.2) is 0 Å². The van der Waals surface area contributed by atoms with Gasteiger partial charge in [-0.05, 0) is 26.2 Å². The van der Waals surface area contributed by atoms with Crippen molar-refractivity contribution in [1.29, 1.82) is 0 Å². The van der Waals surface area contributed by atoms with Gasteiger partial charge >= 0.3 is 5.97 Å². The van der Waals surface area contributed by atoms with Gasteiger partial charge in [0.05, 0.1) is 18.1 Å². The molecule has 0 aromatic heterocycles. The van der Waals surface area contributed by atoms with Crippen LogP contribution < -0.4 is 0 Å². The van der Waals surface area contributed by atoms with E-state index in [1.54, 1.807) is 13.8 Å². The summed E-state index contributed by atoms with van der Waals surface area (Å²) in [6.45, 7) is 7.21. The molecule has 94 valence electrons. The van der Waals surface area contributed by atoms with E-state index in [1.165, 1.54) is 0 Å². The number of hydrogen-bond donors (Lipinski definition) is 2. The van der Waals surface area contributed by atoms with Crippen molar-refractivity contribution in [3.8, 4) is 0 Å². The summed E-state index contributed by atoms with van der Waals surface area (Å²) in [5.41, 5.74) is 0. The second-order valence-electron chi connectivity index (χ2n) is 5.10. The molecule has 2 N–H and O–H groups in total. The summed E-state index contributed by atoms with van der Waals surface area (Å²) < 4.78 is 5.33. The molecule has 1 saturated heterocycles. The summed E-state index contributed by atoms with van der Waals surface area (Å²) >= 11 is 0. The molecular weight excluding hydrogens is 208 g/mol. The van der Waals surface area contributed by atoms with Crippen molar-refractivity contribution in [2.75, 3.05) is 0 Å². The largest absolute Gasteiger partial charge is 0.461 e. The van der Waals surface area contributed by atoms with E-state index in [0.29, 0.717) is 6.42 Å². The maximum atomic E-state index is 11.5. The average molecular weight is 230 g/mol. The standard InChI is InChI=1S/C12H22O4/c1-6(5-7(2)13)11-8(3)10(14)9(4)12(15)16-11/h6-11,13-14H,5H2,1-4H3/t6-,7+,8-,9+,10-,11-/m0/s1. The molecule has 1 aliphatic rings. The lowest BCUT2D eigenvalue weighted by Crippen LogP contribution is -2.49. The van der Waals surface area contributed by atoms with Crippen molar-refractivity contribution >= 4 is 5.97 Å². The fraction of sp³-hybridized carbons (Fsp3) is 0.917. The van der Waals surface area contributed by atoms with Crippen LogP contribution in [0.25, 0.3) is 0 Å². The predicted octanol–water partition coefficient (Wildman–Crippen LogP) is 0.952. The van der Waals surface area contributed by atoms with E-state index in [1.807, 2.05) is 13.8 Å². The maximum Gasteiger partial charge on any atom is 0.311 e. The third-order valence-electron chi connectivity index (χ3n) is 3.47. The lowest BCUT2D eigenvalue weighted by molar-refractivity contribution is -0.183. The van der Waals surface area contributed by atoms with Crippen LogP contribution in [0.4, 0.5) is 0 Å². The summed E-state index contributed by atoms with van der Waals surface area (Å²) in [7, 11) is 0. The molecule has 1 rings (SSSR count). The number of aliphatic hydroxyl groups excluding tert-OH is 2. The summed E-state index contributed by atoms with van der Waals surface area (Å²) in [6.07, 6.45) is -0.794. The minimum absolute atomic E-state index is 0.0566. The minimum atomic E-state index is -0.650. The first-order valence-electron chi connectivity index (χ1n) is 5.91. The highest BCUT2D eigenvalue weighted by molar-refractivity contribution is 5.73. The first kappa shape index (κ1) is 13.5. The number of hydrogen-bond acceptors (Lipinski definition) is 4. The first-order valence-corrected chi connectivity index (χ1v) is 5.91. The number of aliphatic hydroxyl groups is 2. The van der Waals surface area contributed by atoms with Gasteiger partial charge in [0.1, 0.15) is 6.10 Å². The highest BCUT2D eigenvalue weighted by Crippen LogP contribution is 2.32. The molecule has 4 nitrogen and oxygen atoms in total. The van der Waals surface area contributed by atoms with Gasteiger partial charge in [-0.25, -0.2) is 0 Å². The van der Waals surface area contributed by atoms with Gasteiger partial charge in [0.25, 0.3) is 0 Å². The van der Waals surface area contributed by atoms with Crippen LogP contribution in [0, 0.1) is 17.8 Å². The van der Waals surface area contributed by atoms with Crippen LogP contribution in [0.2, 0.25) is 0 Å².